The summed E-state index contributed by atoms with van der Waals surface area (Å²) in [5.41, 5.74) is 6.04. The van der Waals surface area contributed by atoms with Crippen LogP contribution >= 0.6 is 22.9 Å². The Hall–Kier alpha value is -3.85. The van der Waals surface area contributed by atoms with Gasteiger partial charge in [-0.3, -0.25) is 4.98 Å². The van der Waals surface area contributed by atoms with Crippen molar-refractivity contribution < 1.29 is 19.0 Å². The number of aryl methyl sites for hydroxylation is 1. The summed E-state index contributed by atoms with van der Waals surface area (Å²) in [7, 11) is 1.59. The number of carbonyl (C=O) groups is 1. The van der Waals surface area contributed by atoms with Crippen molar-refractivity contribution in [3.8, 4) is 38.8 Å². The third-order valence-corrected chi connectivity index (χ3v) is 7.93. The Bertz CT molecular complexity index is 1750. The molecular formula is C33H32ClN3O4S. The lowest BCUT2D eigenvalue weighted by Gasteiger charge is -2.29. The van der Waals surface area contributed by atoms with Crippen LogP contribution in [0.25, 0.3) is 43.2 Å². The van der Waals surface area contributed by atoms with Gasteiger partial charge in [0.15, 0.2) is 6.10 Å². The summed E-state index contributed by atoms with van der Waals surface area (Å²) in [6.07, 6.45) is 2.51. The number of hydrogen-bond acceptors (Lipinski definition) is 8. The molecule has 5 rings (SSSR count). The van der Waals surface area contributed by atoms with Crippen molar-refractivity contribution in [2.75, 3.05) is 13.7 Å². The highest BCUT2D eigenvalue weighted by Crippen LogP contribution is 2.45. The zero-order valence-corrected chi connectivity index (χ0v) is 26.0. The first kappa shape index (κ1) is 29.6. The summed E-state index contributed by atoms with van der Waals surface area (Å²) in [5, 5.41) is 1.44. The molecule has 0 saturated carbocycles. The average Bonchev–Trinajstić information content (AvgIpc) is 3.39. The monoisotopic (exact) mass is 601 g/mol. The maximum Gasteiger partial charge on any atom is 0.339 e. The maximum atomic E-state index is 13.4. The number of rotatable bonds is 8. The van der Waals surface area contributed by atoms with E-state index in [0.29, 0.717) is 10.9 Å². The van der Waals surface area contributed by atoms with Crippen LogP contribution < -0.4 is 4.74 Å². The molecule has 0 aliphatic rings. The van der Waals surface area contributed by atoms with Crippen LogP contribution in [0.5, 0.6) is 5.88 Å². The summed E-state index contributed by atoms with van der Waals surface area (Å²) in [4.78, 5) is 27.3. The van der Waals surface area contributed by atoms with E-state index in [0.717, 1.165) is 54.3 Å². The van der Waals surface area contributed by atoms with Crippen molar-refractivity contribution >= 4 is 39.1 Å². The third kappa shape index (κ3) is 6.16. The van der Waals surface area contributed by atoms with E-state index < -0.39 is 17.7 Å². The fourth-order valence-electron chi connectivity index (χ4n) is 4.83. The number of benzene rings is 2. The van der Waals surface area contributed by atoms with Crippen LogP contribution in [-0.4, -0.2) is 40.2 Å². The Morgan fingerprint density at radius 1 is 1.02 bits per heavy atom. The fraction of sp³-hybridized carbons (Fsp3) is 0.273. The molecule has 0 amide bonds. The molecule has 2 aromatic carbocycles. The average molecular weight is 602 g/mol. The Morgan fingerprint density at radius 3 is 2.48 bits per heavy atom. The molecular weight excluding hydrogens is 570 g/mol. The van der Waals surface area contributed by atoms with Crippen molar-refractivity contribution in [3.63, 3.8) is 0 Å². The minimum Gasteiger partial charge on any atom is -0.481 e. The zero-order valence-electron chi connectivity index (χ0n) is 24.4. The van der Waals surface area contributed by atoms with Gasteiger partial charge in [0.2, 0.25) is 5.88 Å². The van der Waals surface area contributed by atoms with Gasteiger partial charge in [-0.05, 0) is 88.2 Å². The van der Waals surface area contributed by atoms with E-state index in [1.807, 2.05) is 82.3 Å². The molecule has 0 aliphatic carbocycles. The Kier molecular flexibility index (Phi) is 8.59. The normalized spacial score (nSPS) is 12.4. The number of halogens is 1. The number of carbonyl (C=O) groups excluding carboxylic acids is 1. The minimum absolute atomic E-state index is 0.247. The van der Waals surface area contributed by atoms with Crippen molar-refractivity contribution in [2.24, 2.45) is 0 Å². The lowest BCUT2D eigenvalue weighted by molar-refractivity contribution is -0.166. The molecule has 3 aromatic heterocycles. The topological polar surface area (TPSA) is 83.4 Å². The predicted octanol–water partition coefficient (Wildman–Crippen LogP) is 8.48. The second-order valence-corrected chi connectivity index (χ2v) is 12.1. The minimum atomic E-state index is -0.934. The Morgan fingerprint density at radius 2 is 1.79 bits per heavy atom. The van der Waals surface area contributed by atoms with E-state index in [1.54, 1.807) is 37.8 Å². The molecule has 0 aliphatic heterocycles. The van der Waals surface area contributed by atoms with Crippen LogP contribution in [0, 0.1) is 6.92 Å². The number of methoxy groups -OCH3 is 1. The number of aromatic nitrogens is 3. The second-order valence-electron chi connectivity index (χ2n) is 10.7. The van der Waals surface area contributed by atoms with Gasteiger partial charge in [-0.15, -0.1) is 11.3 Å². The van der Waals surface area contributed by atoms with Gasteiger partial charge in [0, 0.05) is 34.1 Å². The number of fused-ring (bicyclic) bond motifs is 1. The highest BCUT2D eigenvalue weighted by molar-refractivity contribution is 7.22. The first-order valence-corrected chi connectivity index (χ1v) is 14.8. The molecule has 9 heteroatoms. The van der Waals surface area contributed by atoms with Crippen molar-refractivity contribution in [1.29, 1.82) is 0 Å². The van der Waals surface area contributed by atoms with Gasteiger partial charge in [-0.2, -0.15) is 0 Å². The standard InChI is InChI=1S/C33H32ClN3O4S/c1-7-40-32(38)28(41-33(3,4)5)26-19(2)17-25-29(27(26)20-10-12-22(34)13-11-20)42-31(37-25)21-14-16-35-24(18-21)23-9-8-15-36-30(23)39-6/h8-18,28H,7H2,1-6H3/t28-/m0/s1. The number of hydrogen-bond donors (Lipinski definition) is 0. The third-order valence-electron chi connectivity index (χ3n) is 6.54. The van der Waals surface area contributed by atoms with Crippen molar-refractivity contribution in [2.45, 2.75) is 46.3 Å². The van der Waals surface area contributed by atoms with Gasteiger partial charge < -0.3 is 14.2 Å². The predicted molar refractivity (Wildman–Crippen MR) is 168 cm³/mol. The Labute approximate surface area is 254 Å². The SMILES string of the molecule is CCOC(=O)[C@@H](OC(C)(C)C)c1c(C)cc2nc(-c3ccnc(-c4cccnc4OC)c3)sc2c1-c1ccc(Cl)cc1. The smallest absolute Gasteiger partial charge is 0.339 e. The molecule has 7 nitrogen and oxygen atoms in total. The number of nitrogens with zero attached hydrogens (tertiary/aromatic N) is 3. The molecule has 1 atom stereocenters. The summed E-state index contributed by atoms with van der Waals surface area (Å²) in [5.74, 6) is 0.0691. The number of esters is 1. The quantitative estimate of drug-likeness (QED) is 0.165. The van der Waals surface area contributed by atoms with Gasteiger partial charge in [0.05, 0.1) is 40.8 Å². The second kappa shape index (κ2) is 12.2. The van der Waals surface area contributed by atoms with Crippen LogP contribution in [0.2, 0.25) is 5.02 Å². The number of ether oxygens (including phenoxy) is 3. The molecule has 0 radical (unpaired) electrons. The van der Waals surface area contributed by atoms with E-state index in [-0.39, 0.29) is 6.61 Å². The lowest BCUT2D eigenvalue weighted by atomic mass is 9.91. The van der Waals surface area contributed by atoms with E-state index >= 15 is 0 Å². The van der Waals surface area contributed by atoms with Gasteiger partial charge >= 0.3 is 5.97 Å². The highest BCUT2D eigenvalue weighted by Gasteiger charge is 2.33. The van der Waals surface area contributed by atoms with Crippen molar-refractivity contribution in [3.05, 3.63) is 83.1 Å². The number of thiazole rings is 1. The first-order valence-electron chi connectivity index (χ1n) is 13.6. The van der Waals surface area contributed by atoms with E-state index in [9.17, 15) is 4.79 Å². The molecule has 0 spiro atoms. The number of pyridine rings is 2. The van der Waals surface area contributed by atoms with Gasteiger partial charge in [-0.1, -0.05) is 23.7 Å². The molecule has 0 bridgehead atoms. The lowest BCUT2D eigenvalue weighted by Crippen LogP contribution is -2.29. The zero-order chi connectivity index (χ0) is 30.0. The largest absolute Gasteiger partial charge is 0.481 e. The van der Waals surface area contributed by atoms with Gasteiger partial charge in [0.1, 0.15) is 5.01 Å². The maximum absolute atomic E-state index is 13.4. The van der Waals surface area contributed by atoms with Crippen LogP contribution in [0.15, 0.2) is 67.0 Å². The molecule has 0 saturated heterocycles. The Balaban J connectivity index is 1.74. The van der Waals surface area contributed by atoms with Crippen LogP contribution in [0.1, 0.15) is 44.9 Å². The van der Waals surface area contributed by atoms with E-state index in [4.69, 9.17) is 30.8 Å². The molecule has 216 valence electrons. The van der Waals surface area contributed by atoms with Crippen LogP contribution in [0.4, 0.5) is 0 Å². The van der Waals surface area contributed by atoms with Gasteiger partial charge in [-0.25, -0.2) is 14.8 Å². The van der Waals surface area contributed by atoms with Crippen LogP contribution in [-0.2, 0) is 14.3 Å². The molecule has 5 aromatic rings. The molecule has 0 N–H and O–H groups in total. The fourth-order valence-corrected chi connectivity index (χ4v) is 6.08. The van der Waals surface area contributed by atoms with E-state index in [2.05, 4.69) is 9.97 Å². The van der Waals surface area contributed by atoms with Crippen molar-refractivity contribution in [1.82, 2.24) is 15.0 Å². The highest BCUT2D eigenvalue weighted by atomic mass is 35.5. The summed E-state index contributed by atoms with van der Waals surface area (Å²) in [6, 6.07) is 17.3. The first-order chi connectivity index (χ1) is 20.1. The molecule has 3 heterocycles. The van der Waals surface area contributed by atoms with Crippen LogP contribution in [0.3, 0.4) is 0 Å². The molecule has 0 fully saturated rings. The summed E-state index contributed by atoms with van der Waals surface area (Å²) >= 11 is 7.82. The van der Waals surface area contributed by atoms with E-state index in [1.165, 1.54) is 0 Å². The molecule has 0 unspecified atom stereocenters. The van der Waals surface area contributed by atoms with Gasteiger partial charge in [0.25, 0.3) is 0 Å². The molecule has 42 heavy (non-hydrogen) atoms. The summed E-state index contributed by atoms with van der Waals surface area (Å²) in [6.45, 7) is 9.80. The summed E-state index contributed by atoms with van der Waals surface area (Å²) < 4.78 is 18.3.